The maximum Gasteiger partial charge on any atom is 0.235 e. The van der Waals surface area contributed by atoms with E-state index in [4.69, 9.17) is 34.7 Å². The van der Waals surface area contributed by atoms with Crippen LogP contribution in [0.1, 0.15) is 15.9 Å². The fourth-order valence-electron chi connectivity index (χ4n) is 1.52. The standard InChI is InChI=1S/C10H6Cl2N2O2/c11-6-7(12)9(14)5-3(8(6)13)1-2-4(15)10(5)16/h1-2H,13-14H2. The zero-order valence-electron chi connectivity index (χ0n) is 7.88. The summed E-state index contributed by atoms with van der Waals surface area (Å²) in [5, 5.41) is 0.0825. The largest absolute Gasteiger partial charge is 0.397 e. The van der Waals surface area contributed by atoms with Crippen molar-refractivity contribution in [2.24, 2.45) is 0 Å². The van der Waals surface area contributed by atoms with Crippen LogP contribution in [0.5, 0.6) is 0 Å². The van der Waals surface area contributed by atoms with Crippen molar-refractivity contribution in [1.82, 2.24) is 0 Å². The summed E-state index contributed by atoms with van der Waals surface area (Å²) >= 11 is 11.6. The third-order valence-corrected chi connectivity index (χ3v) is 3.23. The number of allylic oxidation sites excluding steroid dienone is 1. The fraction of sp³-hybridized carbons (Fsp3) is 0. The van der Waals surface area contributed by atoms with Crippen LogP contribution in [0.2, 0.25) is 10.0 Å². The molecule has 0 saturated heterocycles. The van der Waals surface area contributed by atoms with Gasteiger partial charge in [-0.2, -0.15) is 0 Å². The van der Waals surface area contributed by atoms with Gasteiger partial charge in [-0.3, -0.25) is 9.59 Å². The van der Waals surface area contributed by atoms with Crippen molar-refractivity contribution in [1.29, 1.82) is 0 Å². The summed E-state index contributed by atoms with van der Waals surface area (Å²) in [6.45, 7) is 0. The van der Waals surface area contributed by atoms with Gasteiger partial charge >= 0.3 is 0 Å². The fourth-order valence-corrected chi connectivity index (χ4v) is 1.92. The van der Waals surface area contributed by atoms with Gasteiger partial charge in [0.25, 0.3) is 0 Å². The van der Waals surface area contributed by atoms with Crippen LogP contribution >= 0.6 is 23.2 Å². The average Bonchev–Trinajstić information content (AvgIpc) is 2.27. The minimum absolute atomic E-state index is 0.00522. The lowest BCUT2D eigenvalue weighted by molar-refractivity contribution is -0.110. The van der Waals surface area contributed by atoms with E-state index in [2.05, 4.69) is 0 Å². The molecule has 1 aromatic carbocycles. The molecule has 4 N–H and O–H groups in total. The number of carbonyl (C=O) groups is 2. The van der Waals surface area contributed by atoms with Gasteiger partial charge in [0, 0.05) is 5.56 Å². The van der Waals surface area contributed by atoms with Gasteiger partial charge in [-0.05, 0) is 12.2 Å². The quantitative estimate of drug-likeness (QED) is 0.549. The highest BCUT2D eigenvalue weighted by Crippen LogP contribution is 2.41. The van der Waals surface area contributed by atoms with Crippen molar-refractivity contribution in [2.45, 2.75) is 0 Å². The second-order valence-electron chi connectivity index (χ2n) is 3.27. The molecule has 2 rings (SSSR count). The SMILES string of the molecule is Nc1c(Cl)c(Cl)c(N)c2c1C=CC(=O)C2=O. The Balaban J connectivity index is 2.90. The smallest absolute Gasteiger partial charge is 0.235 e. The first-order chi connectivity index (χ1) is 7.45. The Hall–Kier alpha value is -1.52. The van der Waals surface area contributed by atoms with Crippen molar-refractivity contribution in [3.8, 4) is 0 Å². The van der Waals surface area contributed by atoms with Crippen LogP contribution in [0.15, 0.2) is 6.08 Å². The predicted molar refractivity (Wildman–Crippen MR) is 63.7 cm³/mol. The molecular formula is C10H6Cl2N2O2. The lowest BCUT2D eigenvalue weighted by Gasteiger charge is -2.16. The third-order valence-electron chi connectivity index (χ3n) is 2.35. The van der Waals surface area contributed by atoms with E-state index >= 15 is 0 Å². The van der Waals surface area contributed by atoms with Gasteiger partial charge in [0.15, 0.2) is 0 Å². The van der Waals surface area contributed by atoms with Crippen molar-refractivity contribution < 1.29 is 9.59 Å². The maximum absolute atomic E-state index is 11.6. The zero-order chi connectivity index (χ0) is 12.0. The maximum atomic E-state index is 11.6. The van der Waals surface area contributed by atoms with E-state index in [0.717, 1.165) is 6.08 Å². The molecule has 1 aliphatic carbocycles. The average molecular weight is 257 g/mol. The first kappa shape index (κ1) is 11.0. The molecule has 0 spiro atoms. The highest BCUT2D eigenvalue weighted by atomic mass is 35.5. The number of halogens is 2. The number of rotatable bonds is 0. The molecule has 82 valence electrons. The third kappa shape index (κ3) is 1.31. The predicted octanol–water partition coefficient (Wildman–Crippen LogP) is 1.94. The van der Waals surface area contributed by atoms with E-state index in [1.165, 1.54) is 6.08 Å². The second-order valence-corrected chi connectivity index (χ2v) is 4.03. The molecule has 0 aliphatic heterocycles. The first-order valence-electron chi connectivity index (χ1n) is 4.27. The van der Waals surface area contributed by atoms with E-state index in [-0.39, 0.29) is 27.0 Å². The number of Topliss-reactive ketones (excluding diaryl/α,β-unsaturated/α-hetero) is 1. The number of nitrogen functional groups attached to an aromatic ring is 2. The van der Waals surface area contributed by atoms with Crippen molar-refractivity contribution >= 4 is 52.2 Å². The Labute approximate surface area is 101 Å². The summed E-state index contributed by atoms with van der Waals surface area (Å²) in [4.78, 5) is 22.8. The van der Waals surface area contributed by atoms with Crippen LogP contribution in [0.3, 0.4) is 0 Å². The number of benzene rings is 1. The Morgan fingerprint density at radius 1 is 0.938 bits per heavy atom. The van der Waals surface area contributed by atoms with E-state index in [0.29, 0.717) is 5.56 Å². The Kier molecular flexibility index (Phi) is 2.40. The van der Waals surface area contributed by atoms with Crippen LogP contribution < -0.4 is 11.5 Å². The highest BCUT2D eigenvalue weighted by Gasteiger charge is 2.28. The Bertz CT molecular complexity index is 565. The van der Waals surface area contributed by atoms with E-state index in [9.17, 15) is 9.59 Å². The van der Waals surface area contributed by atoms with Gasteiger partial charge in [-0.15, -0.1) is 0 Å². The normalized spacial score (nSPS) is 14.1. The highest BCUT2D eigenvalue weighted by molar-refractivity contribution is 6.53. The molecule has 1 aromatic rings. The number of hydrogen-bond donors (Lipinski definition) is 2. The number of hydrogen-bond acceptors (Lipinski definition) is 4. The lowest BCUT2D eigenvalue weighted by Crippen LogP contribution is -2.19. The minimum atomic E-state index is -0.722. The Morgan fingerprint density at radius 3 is 2.12 bits per heavy atom. The topological polar surface area (TPSA) is 86.2 Å². The summed E-state index contributed by atoms with van der Waals surface area (Å²) in [5.74, 6) is -1.38. The summed E-state index contributed by atoms with van der Waals surface area (Å²) < 4.78 is 0. The molecule has 4 nitrogen and oxygen atoms in total. The van der Waals surface area contributed by atoms with Gasteiger partial charge in [-0.25, -0.2) is 0 Å². The van der Waals surface area contributed by atoms with Crippen molar-refractivity contribution in [3.05, 3.63) is 27.2 Å². The molecule has 1 aliphatic rings. The molecule has 16 heavy (non-hydrogen) atoms. The van der Waals surface area contributed by atoms with Gasteiger partial charge in [0.1, 0.15) is 0 Å². The summed E-state index contributed by atoms with van der Waals surface area (Å²) in [5.41, 5.74) is 11.8. The number of anilines is 2. The van der Waals surface area contributed by atoms with Gasteiger partial charge < -0.3 is 11.5 Å². The Morgan fingerprint density at radius 2 is 1.50 bits per heavy atom. The molecule has 0 amide bonds. The number of fused-ring (bicyclic) bond motifs is 1. The molecule has 0 aromatic heterocycles. The monoisotopic (exact) mass is 256 g/mol. The van der Waals surface area contributed by atoms with Crippen LogP contribution in [-0.4, -0.2) is 11.6 Å². The summed E-state index contributed by atoms with van der Waals surface area (Å²) in [6.07, 6.45) is 2.54. The van der Waals surface area contributed by atoms with Crippen LogP contribution in [0, 0.1) is 0 Å². The molecule has 0 unspecified atom stereocenters. The lowest BCUT2D eigenvalue weighted by atomic mass is 9.92. The molecule has 0 radical (unpaired) electrons. The van der Waals surface area contributed by atoms with Crippen LogP contribution in [0.4, 0.5) is 11.4 Å². The van der Waals surface area contributed by atoms with E-state index in [1.54, 1.807) is 0 Å². The summed E-state index contributed by atoms with van der Waals surface area (Å²) in [6, 6.07) is 0. The van der Waals surface area contributed by atoms with Crippen LogP contribution in [-0.2, 0) is 4.79 Å². The van der Waals surface area contributed by atoms with Crippen molar-refractivity contribution in [2.75, 3.05) is 11.5 Å². The molecule has 0 fully saturated rings. The number of nitrogens with two attached hydrogens (primary N) is 2. The van der Waals surface area contributed by atoms with E-state index < -0.39 is 11.6 Å². The zero-order valence-corrected chi connectivity index (χ0v) is 9.39. The van der Waals surface area contributed by atoms with Gasteiger partial charge in [0.2, 0.25) is 11.6 Å². The molecule has 6 heteroatoms. The molecule has 0 atom stereocenters. The van der Waals surface area contributed by atoms with Crippen molar-refractivity contribution in [3.63, 3.8) is 0 Å². The molecule has 0 heterocycles. The number of carbonyl (C=O) groups excluding carboxylic acids is 2. The van der Waals surface area contributed by atoms with Gasteiger partial charge in [0.05, 0.1) is 27.0 Å². The first-order valence-corrected chi connectivity index (χ1v) is 5.03. The summed E-state index contributed by atoms with van der Waals surface area (Å²) in [7, 11) is 0. The second kappa shape index (κ2) is 3.50. The number of ketones is 2. The minimum Gasteiger partial charge on any atom is -0.397 e. The van der Waals surface area contributed by atoms with E-state index in [1.807, 2.05) is 0 Å². The van der Waals surface area contributed by atoms with Gasteiger partial charge in [-0.1, -0.05) is 23.2 Å². The molecule has 0 bridgehead atoms. The molecular weight excluding hydrogens is 251 g/mol. The molecule has 0 saturated carbocycles. The van der Waals surface area contributed by atoms with Crippen LogP contribution in [0.25, 0.3) is 6.08 Å².